The summed E-state index contributed by atoms with van der Waals surface area (Å²) in [4.78, 5) is 3.99. The predicted molar refractivity (Wildman–Crippen MR) is 93.5 cm³/mol. The van der Waals surface area contributed by atoms with Crippen LogP contribution in [0.3, 0.4) is 0 Å². The van der Waals surface area contributed by atoms with Gasteiger partial charge in [0.2, 0.25) is 0 Å². The van der Waals surface area contributed by atoms with Crippen LogP contribution in [0, 0.1) is 11.3 Å². The molecule has 120 valence electrons. The summed E-state index contributed by atoms with van der Waals surface area (Å²) in [5, 5.41) is 14.9. The summed E-state index contributed by atoms with van der Waals surface area (Å²) in [6.45, 7) is 0.473. The highest BCUT2D eigenvalue weighted by atomic mass is 35.5. The van der Waals surface area contributed by atoms with Crippen molar-refractivity contribution >= 4 is 11.6 Å². The van der Waals surface area contributed by atoms with Gasteiger partial charge in [-0.15, -0.1) is 0 Å². The average Bonchev–Trinajstić information content (AvgIpc) is 3.14. The van der Waals surface area contributed by atoms with Crippen molar-refractivity contribution in [3.63, 3.8) is 0 Å². The molecule has 2 aromatic carbocycles. The second kappa shape index (κ2) is 7.29. The highest BCUT2D eigenvalue weighted by Gasteiger charge is 2.33. The molecule has 1 heterocycles. The highest BCUT2D eigenvalue weighted by molar-refractivity contribution is 6.30. The summed E-state index contributed by atoms with van der Waals surface area (Å²) in [6.07, 6.45) is 4.62. The lowest BCUT2D eigenvalue weighted by Gasteiger charge is -2.27. The fourth-order valence-electron chi connectivity index (χ4n) is 2.83. The number of halogens is 1. The number of nitriles is 1. The van der Waals surface area contributed by atoms with Gasteiger partial charge in [0.15, 0.2) is 0 Å². The lowest BCUT2D eigenvalue weighted by molar-refractivity contribution is 0.402. The Balaban J connectivity index is 1.89. The van der Waals surface area contributed by atoms with Gasteiger partial charge in [-0.3, -0.25) is 4.68 Å². The van der Waals surface area contributed by atoms with Gasteiger partial charge in [-0.1, -0.05) is 54.1 Å². The average molecular weight is 337 g/mol. The molecule has 0 unspecified atom stereocenters. The molecule has 0 fully saturated rings. The Morgan fingerprint density at radius 2 is 1.83 bits per heavy atom. The highest BCUT2D eigenvalue weighted by Crippen LogP contribution is 2.31. The molecule has 0 saturated carbocycles. The molecule has 0 aliphatic rings. The zero-order valence-electron chi connectivity index (χ0n) is 13.1. The molecule has 3 rings (SSSR count). The first-order chi connectivity index (χ1) is 11.7. The molecule has 0 amide bonds. The van der Waals surface area contributed by atoms with Gasteiger partial charge in [0, 0.05) is 5.02 Å². The first-order valence-corrected chi connectivity index (χ1v) is 8.13. The van der Waals surface area contributed by atoms with Crippen molar-refractivity contribution in [2.24, 2.45) is 0 Å². The minimum absolute atomic E-state index is 0.473. The Morgan fingerprint density at radius 3 is 2.46 bits per heavy atom. The number of nitrogens with zero attached hydrogens (tertiary/aromatic N) is 4. The molecular weight excluding hydrogens is 320 g/mol. The van der Waals surface area contributed by atoms with E-state index in [0.29, 0.717) is 13.0 Å². The number of aryl methyl sites for hydroxylation is 1. The SMILES string of the molecule is N#C[C@@](CCc1ccc(Cl)cc1)(Cn1cncn1)c1ccccc1. The Bertz CT molecular complexity index is 807. The van der Waals surface area contributed by atoms with Crippen LogP contribution in [0.25, 0.3) is 0 Å². The van der Waals surface area contributed by atoms with Crippen LogP contribution in [-0.4, -0.2) is 14.8 Å². The summed E-state index contributed by atoms with van der Waals surface area (Å²) in [7, 11) is 0. The van der Waals surface area contributed by atoms with Crippen molar-refractivity contribution in [1.29, 1.82) is 5.26 Å². The Hall–Kier alpha value is -2.64. The molecule has 24 heavy (non-hydrogen) atoms. The van der Waals surface area contributed by atoms with E-state index in [1.54, 1.807) is 11.0 Å². The molecule has 3 aromatic rings. The maximum Gasteiger partial charge on any atom is 0.137 e. The smallest absolute Gasteiger partial charge is 0.137 e. The second-order valence-corrected chi connectivity index (χ2v) is 6.22. The predicted octanol–water partition coefficient (Wildman–Crippen LogP) is 4.03. The van der Waals surface area contributed by atoms with Crippen LogP contribution in [0.15, 0.2) is 67.3 Å². The minimum Gasteiger partial charge on any atom is -0.251 e. The van der Waals surface area contributed by atoms with Crippen LogP contribution in [0.2, 0.25) is 5.02 Å². The third kappa shape index (κ3) is 3.64. The molecular formula is C19H17ClN4. The molecule has 0 N–H and O–H groups in total. The van der Waals surface area contributed by atoms with Crippen LogP contribution in [-0.2, 0) is 18.4 Å². The molecule has 0 aliphatic carbocycles. The van der Waals surface area contributed by atoms with E-state index in [1.165, 1.54) is 6.33 Å². The third-order valence-electron chi connectivity index (χ3n) is 4.19. The third-order valence-corrected chi connectivity index (χ3v) is 4.44. The van der Waals surface area contributed by atoms with E-state index in [0.717, 1.165) is 22.6 Å². The molecule has 5 heteroatoms. The van der Waals surface area contributed by atoms with Crippen molar-refractivity contribution in [3.05, 3.63) is 83.4 Å². The van der Waals surface area contributed by atoms with Gasteiger partial charge in [0.25, 0.3) is 0 Å². The van der Waals surface area contributed by atoms with E-state index in [1.807, 2.05) is 54.6 Å². The molecule has 0 radical (unpaired) electrons. The maximum atomic E-state index is 10.0. The molecule has 1 aromatic heterocycles. The van der Waals surface area contributed by atoms with Crippen LogP contribution in [0.1, 0.15) is 17.5 Å². The number of benzene rings is 2. The fourth-order valence-corrected chi connectivity index (χ4v) is 2.95. The first-order valence-electron chi connectivity index (χ1n) is 7.75. The summed E-state index contributed by atoms with van der Waals surface area (Å²) in [5.74, 6) is 0. The largest absolute Gasteiger partial charge is 0.251 e. The molecule has 0 saturated heterocycles. The summed E-state index contributed by atoms with van der Waals surface area (Å²) in [5.41, 5.74) is 1.50. The molecule has 0 aliphatic heterocycles. The van der Waals surface area contributed by atoms with E-state index in [2.05, 4.69) is 16.2 Å². The zero-order chi connectivity index (χ0) is 16.8. The standard InChI is InChI=1S/C19H17ClN4/c20-18-8-6-16(7-9-18)10-11-19(12-21,13-24-15-22-14-23-24)17-4-2-1-3-5-17/h1-9,14-15H,10-11,13H2/t19-/m0/s1. The molecule has 1 atom stereocenters. The Labute approximate surface area is 146 Å². The lowest BCUT2D eigenvalue weighted by atomic mass is 9.77. The minimum atomic E-state index is -0.658. The van der Waals surface area contributed by atoms with Gasteiger partial charge in [0.05, 0.1) is 12.6 Å². The van der Waals surface area contributed by atoms with Gasteiger partial charge in [0.1, 0.15) is 18.1 Å². The van der Waals surface area contributed by atoms with Gasteiger partial charge in [-0.25, -0.2) is 4.98 Å². The number of hydrogen-bond acceptors (Lipinski definition) is 3. The van der Waals surface area contributed by atoms with Gasteiger partial charge >= 0.3 is 0 Å². The van der Waals surface area contributed by atoms with Crippen molar-refractivity contribution in [2.75, 3.05) is 0 Å². The quantitative estimate of drug-likeness (QED) is 0.683. The van der Waals surface area contributed by atoms with Crippen LogP contribution in [0.5, 0.6) is 0 Å². The molecule has 0 bridgehead atoms. The maximum absolute atomic E-state index is 10.0. The monoisotopic (exact) mass is 336 g/mol. The van der Waals surface area contributed by atoms with E-state index >= 15 is 0 Å². The number of hydrogen-bond donors (Lipinski definition) is 0. The van der Waals surface area contributed by atoms with E-state index in [-0.39, 0.29) is 0 Å². The zero-order valence-corrected chi connectivity index (χ0v) is 13.9. The second-order valence-electron chi connectivity index (χ2n) is 5.78. The van der Waals surface area contributed by atoms with Crippen molar-refractivity contribution < 1.29 is 0 Å². The normalized spacial score (nSPS) is 13.2. The Kier molecular flexibility index (Phi) is 4.93. The molecule has 4 nitrogen and oxygen atoms in total. The van der Waals surface area contributed by atoms with Crippen LogP contribution < -0.4 is 0 Å². The summed E-state index contributed by atoms with van der Waals surface area (Å²) < 4.78 is 1.72. The summed E-state index contributed by atoms with van der Waals surface area (Å²) in [6, 6.07) is 20.2. The van der Waals surface area contributed by atoms with Crippen molar-refractivity contribution in [3.8, 4) is 6.07 Å². The van der Waals surface area contributed by atoms with Crippen molar-refractivity contribution in [2.45, 2.75) is 24.8 Å². The number of rotatable bonds is 6. The Morgan fingerprint density at radius 1 is 1.08 bits per heavy atom. The van der Waals surface area contributed by atoms with Crippen molar-refractivity contribution in [1.82, 2.24) is 14.8 Å². The van der Waals surface area contributed by atoms with Gasteiger partial charge < -0.3 is 0 Å². The van der Waals surface area contributed by atoms with Crippen LogP contribution in [0.4, 0.5) is 0 Å². The van der Waals surface area contributed by atoms with Gasteiger partial charge in [-0.2, -0.15) is 10.4 Å². The van der Waals surface area contributed by atoms with E-state index in [9.17, 15) is 5.26 Å². The fraction of sp³-hybridized carbons (Fsp3) is 0.211. The first kappa shape index (κ1) is 16.2. The van der Waals surface area contributed by atoms with Crippen LogP contribution >= 0.6 is 11.6 Å². The van der Waals surface area contributed by atoms with Gasteiger partial charge in [-0.05, 0) is 36.1 Å². The van der Waals surface area contributed by atoms with E-state index < -0.39 is 5.41 Å². The molecule has 0 spiro atoms. The number of aromatic nitrogens is 3. The van der Waals surface area contributed by atoms with E-state index in [4.69, 9.17) is 11.6 Å². The summed E-state index contributed by atoms with van der Waals surface area (Å²) >= 11 is 5.95. The topological polar surface area (TPSA) is 54.5 Å². The lowest BCUT2D eigenvalue weighted by Crippen LogP contribution is -2.31.